The van der Waals surface area contributed by atoms with E-state index >= 15 is 0 Å². The van der Waals surface area contributed by atoms with E-state index in [1.54, 1.807) is 11.8 Å². The molecule has 17 heavy (non-hydrogen) atoms. The summed E-state index contributed by atoms with van der Waals surface area (Å²) < 4.78 is 1.14. The van der Waals surface area contributed by atoms with Gasteiger partial charge in [-0.15, -0.1) is 11.8 Å². The van der Waals surface area contributed by atoms with Crippen molar-refractivity contribution in [2.45, 2.75) is 43.9 Å². The maximum Gasteiger partial charge on any atom is 0.320 e. The molecule has 1 fully saturated rings. The number of aryl methyl sites for hydroxylation is 1. The van der Waals surface area contributed by atoms with E-state index in [9.17, 15) is 9.90 Å². The first-order chi connectivity index (χ1) is 8.18. The molecule has 0 bridgehead atoms. The van der Waals surface area contributed by atoms with Gasteiger partial charge in [0.05, 0.1) is 0 Å². The van der Waals surface area contributed by atoms with Gasteiger partial charge < -0.3 is 5.11 Å². The number of hydrogen-bond donors (Lipinski definition) is 1. The Morgan fingerprint density at radius 3 is 3.12 bits per heavy atom. The lowest BCUT2D eigenvalue weighted by atomic mass is 9.99. The molecule has 1 aromatic rings. The molecule has 1 aliphatic heterocycles. The summed E-state index contributed by atoms with van der Waals surface area (Å²) >= 11 is 1.54. The largest absolute Gasteiger partial charge is 0.480 e. The maximum absolute atomic E-state index is 11.4. The Kier molecular flexibility index (Phi) is 3.71. The van der Waals surface area contributed by atoms with E-state index in [0.29, 0.717) is 6.42 Å². The van der Waals surface area contributed by atoms with Crippen molar-refractivity contribution in [1.29, 1.82) is 0 Å². The number of nitrogens with zero attached hydrogens (tertiary/aromatic N) is 3. The number of carboxylic acid groups (broad SMARTS) is 1. The van der Waals surface area contributed by atoms with Gasteiger partial charge in [-0.05, 0) is 25.0 Å². The van der Waals surface area contributed by atoms with Crippen molar-refractivity contribution in [3.63, 3.8) is 0 Å². The highest BCUT2D eigenvalue weighted by Gasteiger charge is 2.43. The van der Waals surface area contributed by atoms with Gasteiger partial charge in [-0.25, -0.2) is 4.98 Å². The zero-order chi connectivity index (χ0) is 12.3. The van der Waals surface area contributed by atoms with E-state index < -0.39 is 10.7 Å². The van der Waals surface area contributed by atoms with E-state index in [1.807, 2.05) is 4.68 Å². The predicted octanol–water partition coefficient (Wildman–Crippen LogP) is 1.58. The molecule has 0 amide bonds. The Morgan fingerprint density at radius 1 is 1.71 bits per heavy atom. The minimum absolute atomic E-state index is 0.479. The molecule has 0 saturated carbocycles. The molecular weight excluding hydrogens is 238 g/mol. The van der Waals surface area contributed by atoms with E-state index in [-0.39, 0.29) is 0 Å². The zero-order valence-electron chi connectivity index (χ0n) is 9.93. The molecule has 1 N–H and O–H groups in total. The van der Waals surface area contributed by atoms with Gasteiger partial charge in [-0.2, -0.15) is 5.10 Å². The summed E-state index contributed by atoms with van der Waals surface area (Å²) in [5, 5.41) is 13.5. The van der Waals surface area contributed by atoms with Crippen molar-refractivity contribution in [2.24, 2.45) is 0 Å². The molecule has 0 spiro atoms. The number of aliphatic carboxylic acids is 1. The summed E-state index contributed by atoms with van der Waals surface area (Å²) in [5.74, 6) is 1.00. The van der Waals surface area contributed by atoms with Crippen LogP contribution < -0.4 is 0 Å². The molecule has 5 nitrogen and oxygen atoms in total. The van der Waals surface area contributed by atoms with Crippen molar-refractivity contribution in [3.05, 3.63) is 12.2 Å². The van der Waals surface area contributed by atoms with Gasteiger partial charge in [0.1, 0.15) is 16.9 Å². The third kappa shape index (κ3) is 2.46. The monoisotopic (exact) mass is 255 g/mol. The number of carboxylic acids is 1. The molecule has 1 saturated heterocycles. The number of thioether (sulfide) groups is 1. The van der Waals surface area contributed by atoms with E-state index in [4.69, 9.17) is 0 Å². The van der Waals surface area contributed by atoms with Crippen LogP contribution in [0.4, 0.5) is 0 Å². The van der Waals surface area contributed by atoms with Gasteiger partial charge in [0, 0.05) is 13.0 Å². The van der Waals surface area contributed by atoms with Crippen LogP contribution in [-0.4, -0.2) is 36.3 Å². The van der Waals surface area contributed by atoms with Crippen molar-refractivity contribution < 1.29 is 9.90 Å². The molecule has 6 heteroatoms. The van der Waals surface area contributed by atoms with E-state index in [1.165, 1.54) is 6.33 Å². The number of rotatable bonds is 5. The zero-order valence-corrected chi connectivity index (χ0v) is 10.7. The molecule has 0 aliphatic carbocycles. The summed E-state index contributed by atoms with van der Waals surface area (Å²) in [7, 11) is 0. The number of carbonyl (C=O) groups is 1. The molecule has 0 aromatic carbocycles. The van der Waals surface area contributed by atoms with Gasteiger partial charge in [0.2, 0.25) is 0 Å². The van der Waals surface area contributed by atoms with Crippen molar-refractivity contribution in [1.82, 2.24) is 14.8 Å². The summed E-state index contributed by atoms with van der Waals surface area (Å²) in [4.78, 5) is 15.6. The SMILES string of the molecule is CCCn1ncnc1CC1(C(=O)O)CCCS1. The molecule has 0 radical (unpaired) electrons. The maximum atomic E-state index is 11.4. The third-order valence-electron chi connectivity index (χ3n) is 3.07. The molecule has 1 atom stereocenters. The molecule has 94 valence electrons. The lowest BCUT2D eigenvalue weighted by molar-refractivity contribution is -0.140. The summed E-state index contributed by atoms with van der Waals surface area (Å²) in [5.41, 5.74) is 0. The fourth-order valence-electron chi connectivity index (χ4n) is 2.16. The van der Waals surface area contributed by atoms with Crippen LogP contribution in [0.1, 0.15) is 32.0 Å². The van der Waals surface area contributed by atoms with Gasteiger partial charge in [0.25, 0.3) is 0 Å². The van der Waals surface area contributed by atoms with Crippen molar-refractivity contribution in [3.8, 4) is 0 Å². The first-order valence-corrected chi connectivity index (χ1v) is 6.90. The summed E-state index contributed by atoms with van der Waals surface area (Å²) in [6, 6.07) is 0. The third-order valence-corrected chi connectivity index (χ3v) is 4.64. The molecule has 1 unspecified atom stereocenters. The van der Waals surface area contributed by atoms with E-state index in [2.05, 4.69) is 17.0 Å². The standard InChI is InChI=1S/C11H17N3O2S/c1-2-5-14-9(12-8-13-14)7-11(10(15)16)4-3-6-17-11/h8H,2-7H2,1H3,(H,15,16). The van der Waals surface area contributed by atoms with Crippen LogP contribution >= 0.6 is 11.8 Å². The smallest absolute Gasteiger partial charge is 0.320 e. The van der Waals surface area contributed by atoms with Crippen LogP contribution in [0.5, 0.6) is 0 Å². The fraction of sp³-hybridized carbons (Fsp3) is 0.727. The minimum Gasteiger partial charge on any atom is -0.480 e. The predicted molar refractivity (Wildman–Crippen MR) is 66.1 cm³/mol. The Labute approximate surface area is 105 Å². The van der Waals surface area contributed by atoms with Crippen LogP contribution in [0.2, 0.25) is 0 Å². The topological polar surface area (TPSA) is 68.0 Å². The van der Waals surface area contributed by atoms with Crippen LogP contribution in [0.15, 0.2) is 6.33 Å². The molecule has 2 heterocycles. The first kappa shape index (κ1) is 12.4. The highest BCUT2D eigenvalue weighted by Crippen LogP contribution is 2.40. The molecule has 2 rings (SSSR count). The highest BCUT2D eigenvalue weighted by molar-refractivity contribution is 8.01. The minimum atomic E-state index is -0.717. The lowest BCUT2D eigenvalue weighted by Crippen LogP contribution is -2.36. The molecule has 1 aromatic heterocycles. The lowest BCUT2D eigenvalue weighted by Gasteiger charge is -2.22. The second-order valence-corrected chi connectivity index (χ2v) is 5.81. The van der Waals surface area contributed by atoms with Crippen LogP contribution in [-0.2, 0) is 17.8 Å². The quantitative estimate of drug-likeness (QED) is 0.865. The van der Waals surface area contributed by atoms with E-state index in [0.717, 1.165) is 37.4 Å². The van der Waals surface area contributed by atoms with Gasteiger partial charge >= 0.3 is 5.97 Å². The van der Waals surface area contributed by atoms with Gasteiger partial charge in [0.15, 0.2) is 0 Å². The number of aromatic nitrogens is 3. The van der Waals surface area contributed by atoms with Crippen molar-refractivity contribution >= 4 is 17.7 Å². The molecule has 1 aliphatic rings. The van der Waals surface area contributed by atoms with Crippen LogP contribution in [0.25, 0.3) is 0 Å². The Morgan fingerprint density at radius 2 is 2.53 bits per heavy atom. The van der Waals surface area contributed by atoms with Gasteiger partial charge in [-0.1, -0.05) is 6.92 Å². The molecular formula is C11H17N3O2S. The van der Waals surface area contributed by atoms with Crippen molar-refractivity contribution in [2.75, 3.05) is 5.75 Å². The average Bonchev–Trinajstić information content (AvgIpc) is 2.91. The van der Waals surface area contributed by atoms with Crippen LogP contribution in [0, 0.1) is 0 Å². The Hall–Kier alpha value is -1.04. The fourth-order valence-corrected chi connectivity index (χ4v) is 3.48. The summed E-state index contributed by atoms with van der Waals surface area (Å²) in [6.07, 6.45) is 4.67. The second kappa shape index (κ2) is 5.08. The highest BCUT2D eigenvalue weighted by atomic mass is 32.2. The van der Waals surface area contributed by atoms with Crippen LogP contribution in [0.3, 0.4) is 0 Å². The second-order valence-electron chi connectivity index (χ2n) is 4.33. The van der Waals surface area contributed by atoms with Gasteiger partial charge in [-0.3, -0.25) is 9.48 Å². The number of hydrogen-bond acceptors (Lipinski definition) is 4. The summed E-state index contributed by atoms with van der Waals surface area (Å²) in [6.45, 7) is 2.87. The Bertz CT molecular complexity index is 399. The Balaban J connectivity index is 2.17. The first-order valence-electron chi connectivity index (χ1n) is 5.92. The average molecular weight is 255 g/mol. The normalized spacial score (nSPS) is 24.1.